The lowest BCUT2D eigenvalue weighted by Gasteiger charge is -2.17. The second-order valence-corrected chi connectivity index (χ2v) is 6.13. The number of primary amides is 1. The summed E-state index contributed by atoms with van der Waals surface area (Å²) in [5, 5.41) is 3.47. The predicted molar refractivity (Wildman–Crippen MR) is 78.1 cm³/mol. The first-order valence-corrected chi connectivity index (χ1v) is 7.23. The van der Waals surface area contributed by atoms with Crippen molar-refractivity contribution in [3.63, 3.8) is 0 Å². The molecule has 0 aliphatic heterocycles. The summed E-state index contributed by atoms with van der Waals surface area (Å²) in [6, 6.07) is 7.77. The van der Waals surface area contributed by atoms with Gasteiger partial charge in [0.1, 0.15) is 0 Å². The highest BCUT2D eigenvalue weighted by molar-refractivity contribution is 9.10. The van der Waals surface area contributed by atoms with Gasteiger partial charge in [-0.05, 0) is 36.1 Å². The smallest absolute Gasteiger partial charge is 0.317 e. The topological polar surface area (TPSA) is 55.1 Å². The van der Waals surface area contributed by atoms with Crippen molar-refractivity contribution in [3.05, 3.63) is 39.9 Å². The zero-order valence-corrected chi connectivity index (χ0v) is 11.9. The third-order valence-corrected chi connectivity index (χ3v) is 4.82. The Hall–Kier alpha value is -1.33. The molecule has 3 rings (SSSR count). The van der Waals surface area contributed by atoms with Gasteiger partial charge in [0.2, 0.25) is 0 Å². The Balaban J connectivity index is 2.12. The molecule has 0 saturated carbocycles. The maximum absolute atomic E-state index is 10.9. The van der Waals surface area contributed by atoms with Gasteiger partial charge in [0.15, 0.2) is 0 Å². The number of rotatable bonds is 1. The normalized spacial score (nSPS) is 12.7. The Morgan fingerprint density at radius 3 is 2.89 bits per heavy atom. The highest BCUT2D eigenvalue weighted by atomic mass is 79.9. The molecular weight excluding hydrogens is 312 g/mol. The van der Waals surface area contributed by atoms with Crippen molar-refractivity contribution in [2.24, 2.45) is 5.73 Å². The minimum absolute atomic E-state index is 0.513. The fourth-order valence-electron chi connectivity index (χ4n) is 2.31. The number of carbonyl (C=O) groups is 1. The number of nitrogens with one attached hydrogen (secondary N) is 1. The molecular formula is C13H11BrN2OS. The third-order valence-electron chi connectivity index (χ3n) is 3.05. The van der Waals surface area contributed by atoms with Gasteiger partial charge in [0.25, 0.3) is 0 Å². The van der Waals surface area contributed by atoms with Crippen LogP contribution in [0.1, 0.15) is 11.1 Å². The average Bonchev–Trinajstić information content (AvgIpc) is 2.70. The summed E-state index contributed by atoms with van der Waals surface area (Å²) in [4.78, 5) is 12.1. The van der Waals surface area contributed by atoms with E-state index in [9.17, 15) is 4.79 Å². The van der Waals surface area contributed by atoms with Gasteiger partial charge in [-0.15, -0.1) is 11.3 Å². The first-order chi connectivity index (χ1) is 8.65. The molecule has 3 nitrogen and oxygen atoms in total. The fourth-order valence-corrected chi connectivity index (χ4v) is 4.25. The zero-order valence-electron chi connectivity index (χ0n) is 9.50. The Bertz CT molecular complexity index is 636. The molecule has 1 heterocycles. The largest absolute Gasteiger partial charge is 0.351 e. The highest BCUT2D eigenvalue weighted by Crippen LogP contribution is 2.44. The standard InChI is InChI=1S/C13H11BrN2OS/c14-9-3-1-2-7-4-5-8-6-10(16-13(15)17)18-12(8)11(7)9/h1-3,6H,4-5H2,(H3,15,16,17). The number of nitrogens with two attached hydrogens (primary N) is 1. The van der Waals surface area contributed by atoms with Crippen molar-refractivity contribution < 1.29 is 4.79 Å². The lowest BCUT2D eigenvalue weighted by molar-refractivity contribution is 0.259. The Morgan fingerprint density at radius 1 is 1.33 bits per heavy atom. The monoisotopic (exact) mass is 322 g/mol. The molecule has 2 aromatic rings. The molecule has 3 N–H and O–H groups in total. The number of fused-ring (bicyclic) bond motifs is 3. The minimum Gasteiger partial charge on any atom is -0.351 e. The van der Waals surface area contributed by atoms with E-state index in [1.807, 2.05) is 6.07 Å². The summed E-state index contributed by atoms with van der Waals surface area (Å²) < 4.78 is 1.11. The molecule has 0 atom stereocenters. The first-order valence-electron chi connectivity index (χ1n) is 5.62. The minimum atomic E-state index is -0.513. The van der Waals surface area contributed by atoms with Crippen LogP contribution in [-0.2, 0) is 12.8 Å². The predicted octanol–water partition coefficient (Wildman–Crippen LogP) is 3.77. The van der Waals surface area contributed by atoms with Crippen LogP contribution in [0.4, 0.5) is 9.80 Å². The van der Waals surface area contributed by atoms with Gasteiger partial charge in [0.05, 0.1) is 5.00 Å². The van der Waals surface area contributed by atoms with Gasteiger partial charge in [-0.2, -0.15) is 0 Å². The molecule has 92 valence electrons. The van der Waals surface area contributed by atoms with E-state index in [0.29, 0.717) is 0 Å². The summed E-state index contributed by atoms with van der Waals surface area (Å²) in [7, 11) is 0. The molecule has 0 bridgehead atoms. The van der Waals surface area contributed by atoms with Gasteiger partial charge in [-0.25, -0.2) is 4.79 Å². The van der Waals surface area contributed by atoms with Crippen LogP contribution in [0.5, 0.6) is 0 Å². The Morgan fingerprint density at radius 2 is 2.11 bits per heavy atom. The van der Waals surface area contributed by atoms with Crippen LogP contribution in [0.3, 0.4) is 0 Å². The highest BCUT2D eigenvalue weighted by Gasteiger charge is 2.21. The maximum atomic E-state index is 10.9. The first kappa shape index (κ1) is 11.7. The summed E-state index contributed by atoms with van der Waals surface area (Å²) in [6.07, 6.45) is 2.05. The molecule has 0 fully saturated rings. The number of hydrogen-bond acceptors (Lipinski definition) is 2. The van der Waals surface area contributed by atoms with Crippen molar-refractivity contribution in [1.82, 2.24) is 0 Å². The second-order valence-electron chi connectivity index (χ2n) is 4.23. The zero-order chi connectivity index (χ0) is 12.7. The quantitative estimate of drug-likeness (QED) is 0.825. The van der Waals surface area contributed by atoms with E-state index >= 15 is 0 Å². The van der Waals surface area contributed by atoms with Gasteiger partial charge >= 0.3 is 6.03 Å². The summed E-state index contributed by atoms with van der Waals surface area (Å²) in [5.74, 6) is 0. The van der Waals surface area contributed by atoms with Gasteiger partial charge in [-0.1, -0.05) is 28.1 Å². The van der Waals surface area contributed by atoms with Crippen LogP contribution in [0.2, 0.25) is 0 Å². The number of carbonyl (C=O) groups excluding carboxylic acids is 1. The lowest BCUT2D eigenvalue weighted by atomic mass is 9.92. The molecule has 0 unspecified atom stereocenters. The van der Waals surface area contributed by atoms with Crippen molar-refractivity contribution in [2.75, 3.05) is 5.32 Å². The second kappa shape index (κ2) is 4.40. The van der Waals surface area contributed by atoms with E-state index < -0.39 is 6.03 Å². The summed E-state index contributed by atoms with van der Waals surface area (Å²) >= 11 is 5.19. The van der Waals surface area contributed by atoms with Crippen LogP contribution < -0.4 is 11.1 Å². The SMILES string of the molecule is NC(=O)Nc1cc2c(s1)-c1c(Br)cccc1CC2. The fraction of sp³-hybridized carbons (Fsp3) is 0.154. The van der Waals surface area contributed by atoms with Gasteiger partial charge in [0, 0.05) is 14.9 Å². The van der Waals surface area contributed by atoms with E-state index in [-0.39, 0.29) is 0 Å². The number of thiophene rings is 1. The number of hydrogen-bond donors (Lipinski definition) is 2. The Kier molecular flexibility index (Phi) is 2.87. The van der Waals surface area contributed by atoms with Gasteiger partial charge in [-0.3, -0.25) is 5.32 Å². The molecule has 1 aliphatic carbocycles. The van der Waals surface area contributed by atoms with E-state index in [2.05, 4.69) is 39.4 Å². The Labute approximate surface area is 117 Å². The molecule has 0 spiro atoms. The average molecular weight is 323 g/mol. The van der Waals surface area contributed by atoms with Crippen LogP contribution >= 0.6 is 27.3 Å². The molecule has 0 radical (unpaired) electrons. The van der Waals surface area contributed by atoms with Crippen LogP contribution in [0.25, 0.3) is 10.4 Å². The number of amides is 2. The van der Waals surface area contributed by atoms with Crippen LogP contribution in [0.15, 0.2) is 28.7 Å². The van der Waals surface area contributed by atoms with Crippen molar-refractivity contribution in [2.45, 2.75) is 12.8 Å². The van der Waals surface area contributed by atoms with Crippen LogP contribution in [0, 0.1) is 0 Å². The van der Waals surface area contributed by atoms with E-state index in [4.69, 9.17) is 5.73 Å². The summed E-state index contributed by atoms with van der Waals surface area (Å²) in [5.41, 5.74) is 9.04. The lowest BCUT2D eigenvalue weighted by Crippen LogP contribution is -2.18. The van der Waals surface area contributed by atoms with Crippen LogP contribution in [-0.4, -0.2) is 6.03 Å². The van der Waals surface area contributed by atoms with Crippen molar-refractivity contribution >= 4 is 38.3 Å². The van der Waals surface area contributed by atoms with Gasteiger partial charge < -0.3 is 5.73 Å². The van der Waals surface area contributed by atoms with E-state index in [1.165, 1.54) is 21.6 Å². The third kappa shape index (κ3) is 1.93. The summed E-state index contributed by atoms with van der Waals surface area (Å²) in [6.45, 7) is 0. The van der Waals surface area contributed by atoms with Crippen molar-refractivity contribution in [3.8, 4) is 10.4 Å². The molecule has 1 aromatic heterocycles. The number of halogens is 1. The molecule has 1 aromatic carbocycles. The number of benzene rings is 1. The maximum Gasteiger partial charge on any atom is 0.317 e. The van der Waals surface area contributed by atoms with E-state index in [0.717, 1.165) is 22.3 Å². The van der Waals surface area contributed by atoms with Crippen molar-refractivity contribution in [1.29, 1.82) is 0 Å². The molecule has 18 heavy (non-hydrogen) atoms. The molecule has 5 heteroatoms. The molecule has 0 saturated heterocycles. The van der Waals surface area contributed by atoms with E-state index in [1.54, 1.807) is 11.3 Å². The molecule has 2 amide bonds. The number of urea groups is 1. The molecule has 1 aliphatic rings. The number of anilines is 1. The number of aryl methyl sites for hydroxylation is 2.